The smallest absolute Gasteiger partial charge is 0.0979 e. The van der Waals surface area contributed by atoms with Gasteiger partial charge in [-0.2, -0.15) is 0 Å². The number of aromatic nitrogens is 4. The molecule has 63 heavy (non-hydrogen) atoms. The van der Waals surface area contributed by atoms with E-state index in [1.54, 1.807) is 0 Å². The molecule has 292 valence electrons. The fourth-order valence-electron chi connectivity index (χ4n) is 10.3. The van der Waals surface area contributed by atoms with Crippen LogP contribution in [-0.2, 0) is 0 Å². The van der Waals surface area contributed by atoms with E-state index in [0.717, 1.165) is 50.3 Å². The van der Waals surface area contributed by atoms with Gasteiger partial charge in [-0.15, -0.1) is 11.3 Å². The van der Waals surface area contributed by atoms with E-state index in [1.165, 1.54) is 80.0 Å². The summed E-state index contributed by atoms with van der Waals surface area (Å²) in [5.41, 5.74) is 12.6. The summed E-state index contributed by atoms with van der Waals surface area (Å²) >= 11 is 1.83. The van der Waals surface area contributed by atoms with Gasteiger partial charge in [-0.25, -0.2) is 9.97 Å². The zero-order valence-electron chi connectivity index (χ0n) is 33.8. The largest absolute Gasteiger partial charge is 0.309 e. The summed E-state index contributed by atoms with van der Waals surface area (Å²) in [5.74, 6) is 0. The van der Waals surface area contributed by atoms with Gasteiger partial charge in [-0.1, -0.05) is 140 Å². The normalized spacial score (nSPS) is 12.1. The summed E-state index contributed by atoms with van der Waals surface area (Å²) in [6.07, 6.45) is 0. The minimum Gasteiger partial charge on any atom is -0.309 e. The molecule has 5 heteroatoms. The van der Waals surface area contributed by atoms with Gasteiger partial charge in [0.1, 0.15) is 0 Å². The lowest BCUT2D eigenvalue weighted by Crippen LogP contribution is -1.99. The van der Waals surface area contributed by atoms with Gasteiger partial charge in [0.15, 0.2) is 0 Å². The van der Waals surface area contributed by atoms with Crippen LogP contribution in [0.1, 0.15) is 0 Å². The van der Waals surface area contributed by atoms with Crippen LogP contribution >= 0.6 is 11.3 Å². The molecule has 14 rings (SSSR count). The molecular weight excluding hydrogens is 785 g/mol. The van der Waals surface area contributed by atoms with Crippen LogP contribution in [0.4, 0.5) is 0 Å². The number of hydrogen-bond donors (Lipinski definition) is 0. The Labute approximate surface area is 365 Å². The third kappa shape index (κ3) is 5.03. The average Bonchev–Trinajstić information content (AvgIpc) is 4.00. The summed E-state index contributed by atoms with van der Waals surface area (Å²) in [6, 6.07) is 74.9. The lowest BCUT2D eigenvalue weighted by atomic mass is 9.99. The second kappa shape index (κ2) is 13.2. The molecule has 4 nitrogen and oxygen atoms in total. The molecule has 0 unspecified atom stereocenters. The molecule has 0 atom stereocenters. The summed E-state index contributed by atoms with van der Waals surface area (Å²) in [7, 11) is 0. The number of benzene rings is 10. The van der Waals surface area contributed by atoms with Crippen molar-refractivity contribution in [2.24, 2.45) is 0 Å². The van der Waals surface area contributed by atoms with Gasteiger partial charge in [0.2, 0.25) is 0 Å². The van der Waals surface area contributed by atoms with Crippen molar-refractivity contribution in [1.82, 2.24) is 19.1 Å². The van der Waals surface area contributed by atoms with Crippen molar-refractivity contribution in [3.8, 4) is 33.9 Å². The molecular formula is C58H34N4S. The third-order valence-corrected chi connectivity index (χ3v) is 14.2. The Balaban J connectivity index is 1.02. The van der Waals surface area contributed by atoms with Crippen LogP contribution in [0.3, 0.4) is 0 Å². The second-order valence-corrected chi connectivity index (χ2v) is 17.6. The fourth-order valence-corrected chi connectivity index (χ4v) is 11.4. The van der Waals surface area contributed by atoms with E-state index in [0.29, 0.717) is 0 Å². The summed E-state index contributed by atoms with van der Waals surface area (Å²) in [6.45, 7) is 0. The lowest BCUT2D eigenvalue weighted by molar-refractivity contribution is 1.17. The highest BCUT2D eigenvalue weighted by Crippen LogP contribution is 2.46. The average molecular weight is 819 g/mol. The van der Waals surface area contributed by atoms with Crippen molar-refractivity contribution < 1.29 is 0 Å². The molecule has 0 radical (unpaired) electrons. The molecule has 0 spiro atoms. The van der Waals surface area contributed by atoms with E-state index in [-0.39, 0.29) is 0 Å². The maximum absolute atomic E-state index is 5.37. The van der Waals surface area contributed by atoms with Crippen molar-refractivity contribution >= 4 is 108 Å². The molecule has 4 aromatic heterocycles. The third-order valence-electron chi connectivity index (χ3n) is 13.0. The second-order valence-electron chi connectivity index (χ2n) is 16.5. The van der Waals surface area contributed by atoms with Crippen LogP contribution in [0.2, 0.25) is 0 Å². The van der Waals surface area contributed by atoms with Gasteiger partial charge in [-0.05, 0) is 82.9 Å². The Morgan fingerprint density at radius 2 is 0.937 bits per heavy atom. The van der Waals surface area contributed by atoms with Crippen molar-refractivity contribution in [3.05, 3.63) is 206 Å². The molecule has 0 amide bonds. The SMILES string of the molecule is c1ccc2cc3c(cc2c1)c1ccccc1n3-c1c2ccccc2cc2c1c1ccccc1n2-c1ccc(-c2nc3ccccc3nc2-c2cccc3sc4ccccc4c23)cc1. The lowest BCUT2D eigenvalue weighted by Gasteiger charge is -2.16. The van der Waals surface area contributed by atoms with Gasteiger partial charge < -0.3 is 9.13 Å². The van der Waals surface area contributed by atoms with E-state index in [4.69, 9.17) is 9.97 Å². The van der Waals surface area contributed by atoms with E-state index in [2.05, 4.69) is 203 Å². The Morgan fingerprint density at radius 3 is 1.73 bits per heavy atom. The molecule has 14 aromatic rings. The van der Waals surface area contributed by atoms with Crippen molar-refractivity contribution in [2.45, 2.75) is 0 Å². The van der Waals surface area contributed by atoms with Gasteiger partial charge in [-0.3, -0.25) is 0 Å². The number of fused-ring (bicyclic) bond motifs is 12. The van der Waals surface area contributed by atoms with Crippen LogP contribution in [0.5, 0.6) is 0 Å². The number of rotatable bonds is 4. The first kappa shape index (κ1) is 34.6. The van der Waals surface area contributed by atoms with Crippen LogP contribution in [0, 0.1) is 0 Å². The van der Waals surface area contributed by atoms with Crippen molar-refractivity contribution in [2.75, 3.05) is 0 Å². The molecule has 10 aromatic carbocycles. The minimum absolute atomic E-state index is 0.873. The Hall–Kier alpha value is -8.12. The minimum atomic E-state index is 0.873. The first-order valence-corrected chi connectivity index (χ1v) is 22.2. The number of nitrogens with zero attached hydrogens (tertiary/aromatic N) is 4. The van der Waals surface area contributed by atoms with Crippen molar-refractivity contribution in [1.29, 1.82) is 0 Å². The van der Waals surface area contributed by atoms with Gasteiger partial charge in [0, 0.05) is 63.9 Å². The number of hydrogen-bond acceptors (Lipinski definition) is 3. The van der Waals surface area contributed by atoms with Crippen LogP contribution < -0.4 is 0 Å². The highest BCUT2D eigenvalue weighted by Gasteiger charge is 2.24. The Kier molecular flexibility index (Phi) is 7.24. The van der Waals surface area contributed by atoms with Crippen LogP contribution in [0.15, 0.2) is 206 Å². The van der Waals surface area contributed by atoms with Crippen molar-refractivity contribution in [3.63, 3.8) is 0 Å². The molecule has 4 heterocycles. The van der Waals surface area contributed by atoms with Gasteiger partial charge in [0.25, 0.3) is 0 Å². The highest BCUT2D eigenvalue weighted by atomic mass is 32.1. The monoisotopic (exact) mass is 818 g/mol. The van der Waals surface area contributed by atoms with Crippen LogP contribution in [0.25, 0.3) is 130 Å². The molecule has 0 saturated carbocycles. The molecule has 0 N–H and O–H groups in total. The number of para-hydroxylation sites is 4. The quantitative estimate of drug-likeness (QED) is 0.177. The van der Waals surface area contributed by atoms with E-state index in [1.807, 2.05) is 23.5 Å². The zero-order valence-corrected chi connectivity index (χ0v) is 34.6. The summed E-state index contributed by atoms with van der Waals surface area (Å²) in [5, 5.41) is 12.3. The summed E-state index contributed by atoms with van der Waals surface area (Å²) in [4.78, 5) is 10.7. The molecule has 0 saturated heterocycles. The molecule has 0 fully saturated rings. The summed E-state index contributed by atoms with van der Waals surface area (Å²) < 4.78 is 7.49. The van der Waals surface area contributed by atoms with Crippen LogP contribution in [-0.4, -0.2) is 19.1 Å². The Morgan fingerprint density at radius 1 is 0.349 bits per heavy atom. The van der Waals surface area contributed by atoms with E-state index >= 15 is 0 Å². The first-order chi connectivity index (χ1) is 31.2. The topological polar surface area (TPSA) is 35.6 Å². The predicted molar refractivity (Wildman–Crippen MR) is 267 cm³/mol. The zero-order chi connectivity index (χ0) is 41.2. The fraction of sp³-hybridized carbons (Fsp3) is 0. The van der Waals surface area contributed by atoms with E-state index < -0.39 is 0 Å². The molecule has 0 bridgehead atoms. The standard InChI is InChI=1S/C58H34N4S/c1-2-15-37-33-50-45(32-36(37)14-1)41-18-5-10-24-48(41)62(50)58-40-17-4-3-16-38(40)34-51-55(58)42-19-6-11-25-49(42)61(51)39-30-28-35(29-31-39)56-57(60-47-23-9-8-22-46(47)59-56)44-21-13-27-53-54(44)43-20-7-12-26-52(43)63-53/h1-34H. The molecule has 0 aliphatic rings. The van der Waals surface area contributed by atoms with Gasteiger partial charge in [0.05, 0.1) is 50.2 Å². The van der Waals surface area contributed by atoms with E-state index in [9.17, 15) is 0 Å². The predicted octanol–water partition coefficient (Wildman–Crippen LogP) is 15.8. The highest BCUT2D eigenvalue weighted by molar-refractivity contribution is 7.25. The van der Waals surface area contributed by atoms with Gasteiger partial charge >= 0.3 is 0 Å². The molecule has 0 aliphatic carbocycles. The molecule has 0 aliphatic heterocycles. The first-order valence-electron chi connectivity index (χ1n) is 21.4. The maximum atomic E-state index is 5.37. The number of thiophene rings is 1. The maximum Gasteiger partial charge on any atom is 0.0979 e. The Bertz CT molecular complexity index is 4210.